The van der Waals surface area contributed by atoms with E-state index < -0.39 is 12.7 Å². The van der Waals surface area contributed by atoms with Gasteiger partial charge in [-0.2, -0.15) is 13.2 Å². The second-order valence-electron chi connectivity index (χ2n) is 5.18. The third kappa shape index (κ3) is 4.63. The number of hydrogen-bond acceptors (Lipinski definition) is 3. The first-order chi connectivity index (χ1) is 9.85. The Labute approximate surface area is 121 Å². The van der Waals surface area contributed by atoms with Gasteiger partial charge in [0.2, 0.25) is 5.91 Å². The number of likely N-dealkylation sites (N-methyl/N-ethyl adjacent to an activating group) is 1. The highest BCUT2D eigenvalue weighted by Crippen LogP contribution is 2.21. The number of halogens is 3. The molecule has 7 heteroatoms. The van der Waals surface area contributed by atoms with Crippen LogP contribution >= 0.6 is 0 Å². The highest BCUT2D eigenvalue weighted by molar-refractivity contribution is 5.95. The van der Waals surface area contributed by atoms with Crippen molar-refractivity contribution in [1.82, 2.24) is 4.90 Å². The minimum absolute atomic E-state index is 0.122. The van der Waals surface area contributed by atoms with Gasteiger partial charge in [0, 0.05) is 11.4 Å². The van der Waals surface area contributed by atoms with Gasteiger partial charge >= 0.3 is 6.18 Å². The number of carbonyl (C=O) groups excluding carboxylic acids is 1. The maximum Gasteiger partial charge on any atom is 0.405 e. The molecule has 1 saturated heterocycles. The summed E-state index contributed by atoms with van der Waals surface area (Å²) < 4.78 is 36.5. The Balaban J connectivity index is 1.96. The average molecular weight is 301 g/mol. The van der Waals surface area contributed by atoms with Crippen molar-refractivity contribution in [2.45, 2.75) is 25.1 Å². The van der Waals surface area contributed by atoms with E-state index in [9.17, 15) is 18.0 Å². The van der Waals surface area contributed by atoms with Gasteiger partial charge in [-0.15, -0.1) is 0 Å². The van der Waals surface area contributed by atoms with Crippen molar-refractivity contribution in [3.63, 3.8) is 0 Å². The van der Waals surface area contributed by atoms with Crippen LogP contribution in [0.2, 0.25) is 0 Å². The molecular weight excluding hydrogens is 283 g/mol. The van der Waals surface area contributed by atoms with Crippen LogP contribution in [0.4, 0.5) is 24.5 Å². The first-order valence-electron chi connectivity index (χ1n) is 6.77. The molecule has 0 saturated carbocycles. The van der Waals surface area contributed by atoms with Gasteiger partial charge in [0.1, 0.15) is 6.54 Å². The topological polar surface area (TPSA) is 44.4 Å². The molecule has 1 unspecified atom stereocenters. The van der Waals surface area contributed by atoms with Gasteiger partial charge in [-0.05, 0) is 44.6 Å². The van der Waals surface area contributed by atoms with Crippen LogP contribution in [0.1, 0.15) is 12.8 Å². The lowest BCUT2D eigenvalue weighted by Gasteiger charge is -2.19. The lowest BCUT2D eigenvalue weighted by Crippen LogP contribution is -2.37. The Morgan fingerprint density at radius 2 is 2.10 bits per heavy atom. The van der Waals surface area contributed by atoms with E-state index >= 15 is 0 Å². The molecule has 4 nitrogen and oxygen atoms in total. The van der Waals surface area contributed by atoms with E-state index in [1.165, 1.54) is 12.1 Å². The second kappa shape index (κ2) is 6.34. The molecule has 0 bridgehead atoms. The van der Waals surface area contributed by atoms with Gasteiger partial charge < -0.3 is 10.6 Å². The fourth-order valence-electron chi connectivity index (χ4n) is 2.38. The molecule has 1 fully saturated rings. The van der Waals surface area contributed by atoms with E-state index in [1.54, 1.807) is 12.1 Å². The van der Waals surface area contributed by atoms with Crippen molar-refractivity contribution >= 4 is 17.3 Å². The van der Waals surface area contributed by atoms with Gasteiger partial charge in [-0.3, -0.25) is 9.69 Å². The van der Waals surface area contributed by atoms with Crippen LogP contribution in [0.25, 0.3) is 0 Å². The number of nitrogens with one attached hydrogen (secondary N) is 2. The molecule has 1 heterocycles. The smallest absolute Gasteiger partial charge is 0.376 e. The summed E-state index contributed by atoms with van der Waals surface area (Å²) >= 11 is 0. The Hall–Kier alpha value is -1.76. The molecule has 1 aromatic rings. The van der Waals surface area contributed by atoms with Crippen LogP contribution < -0.4 is 10.6 Å². The molecular formula is C14H18F3N3O. The van der Waals surface area contributed by atoms with E-state index in [4.69, 9.17) is 0 Å². The molecule has 1 aromatic carbocycles. The number of anilines is 2. The third-order valence-corrected chi connectivity index (χ3v) is 3.45. The number of benzene rings is 1. The van der Waals surface area contributed by atoms with E-state index in [0.717, 1.165) is 19.4 Å². The highest BCUT2D eigenvalue weighted by Gasteiger charge is 2.28. The minimum Gasteiger partial charge on any atom is -0.376 e. The highest BCUT2D eigenvalue weighted by atomic mass is 19.4. The number of likely N-dealkylation sites (tertiary alicyclic amines) is 1. The summed E-state index contributed by atoms with van der Waals surface area (Å²) in [7, 11) is 1.89. The van der Waals surface area contributed by atoms with Gasteiger partial charge in [0.15, 0.2) is 0 Å². The number of carbonyl (C=O) groups is 1. The molecule has 2 rings (SSSR count). The summed E-state index contributed by atoms with van der Waals surface area (Å²) in [5.74, 6) is -0.122. The normalized spacial score (nSPS) is 19.5. The standard InChI is InChI=1S/C14H18F3N3O/c1-20-7-3-6-12(20)13(21)19-11-5-2-4-10(8-11)18-9-14(15,16)17/h2,4-5,8,12,18H,3,6-7,9H2,1H3,(H,19,21). The number of hydrogen-bond donors (Lipinski definition) is 2. The zero-order chi connectivity index (χ0) is 15.5. The van der Waals surface area contributed by atoms with Crippen LogP contribution in [0.5, 0.6) is 0 Å². The van der Waals surface area contributed by atoms with Crippen molar-refractivity contribution in [1.29, 1.82) is 0 Å². The Bertz CT molecular complexity index is 504. The Morgan fingerprint density at radius 3 is 2.71 bits per heavy atom. The van der Waals surface area contributed by atoms with Gasteiger partial charge in [-0.25, -0.2) is 0 Å². The maximum absolute atomic E-state index is 12.2. The van der Waals surface area contributed by atoms with Crippen molar-refractivity contribution in [3.8, 4) is 0 Å². The fraction of sp³-hybridized carbons (Fsp3) is 0.500. The van der Waals surface area contributed by atoms with Crippen LogP contribution in [0.15, 0.2) is 24.3 Å². The van der Waals surface area contributed by atoms with Gasteiger partial charge in [-0.1, -0.05) is 6.07 Å². The Kier molecular flexibility index (Phi) is 4.72. The quantitative estimate of drug-likeness (QED) is 0.898. The first-order valence-corrected chi connectivity index (χ1v) is 6.77. The maximum atomic E-state index is 12.2. The molecule has 21 heavy (non-hydrogen) atoms. The first kappa shape index (κ1) is 15.6. The van der Waals surface area contributed by atoms with Crippen molar-refractivity contribution < 1.29 is 18.0 Å². The number of amides is 1. The zero-order valence-corrected chi connectivity index (χ0v) is 11.7. The molecule has 0 radical (unpaired) electrons. The summed E-state index contributed by atoms with van der Waals surface area (Å²) in [6.45, 7) is -0.221. The van der Waals surface area contributed by atoms with Crippen LogP contribution in [-0.4, -0.2) is 43.2 Å². The number of rotatable bonds is 4. The Morgan fingerprint density at radius 1 is 1.38 bits per heavy atom. The molecule has 1 atom stereocenters. The lowest BCUT2D eigenvalue weighted by molar-refractivity contribution is -0.120. The van der Waals surface area contributed by atoms with Gasteiger partial charge in [0.05, 0.1) is 6.04 Å². The molecule has 116 valence electrons. The SMILES string of the molecule is CN1CCCC1C(=O)Nc1cccc(NCC(F)(F)F)c1. The predicted molar refractivity (Wildman–Crippen MR) is 75.3 cm³/mol. The largest absolute Gasteiger partial charge is 0.405 e. The monoisotopic (exact) mass is 301 g/mol. The second-order valence-corrected chi connectivity index (χ2v) is 5.18. The van der Waals surface area contributed by atoms with E-state index in [0.29, 0.717) is 11.4 Å². The van der Waals surface area contributed by atoms with Crippen LogP contribution in [0, 0.1) is 0 Å². The summed E-state index contributed by atoms with van der Waals surface area (Å²) in [5.41, 5.74) is 0.817. The molecule has 1 aliphatic heterocycles. The molecule has 2 N–H and O–H groups in total. The van der Waals surface area contributed by atoms with Crippen LogP contribution in [0.3, 0.4) is 0 Å². The number of alkyl halides is 3. The molecule has 1 aliphatic rings. The van der Waals surface area contributed by atoms with Crippen molar-refractivity contribution in [2.75, 3.05) is 30.8 Å². The molecule has 0 aromatic heterocycles. The molecule has 1 amide bonds. The molecule has 0 spiro atoms. The zero-order valence-electron chi connectivity index (χ0n) is 11.7. The summed E-state index contributed by atoms with van der Waals surface area (Å²) in [6, 6.07) is 6.12. The third-order valence-electron chi connectivity index (χ3n) is 3.45. The van der Waals surface area contributed by atoms with Crippen molar-refractivity contribution in [2.24, 2.45) is 0 Å². The van der Waals surface area contributed by atoms with Crippen LogP contribution in [-0.2, 0) is 4.79 Å². The van der Waals surface area contributed by atoms with E-state index in [1.807, 2.05) is 11.9 Å². The fourth-order valence-corrected chi connectivity index (χ4v) is 2.38. The summed E-state index contributed by atoms with van der Waals surface area (Å²) in [6.07, 6.45) is -2.50. The van der Waals surface area contributed by atoms with Crippen molar-refractivity contribution in [3.05, 3.63) is 24.3 Å². The lowest BCUT2D eigenvalue weighted by atomic mass is 10.2. The summed E-state index contributed by atoms with van der Waals surface area (Å²) in [5, 5.41) is 5.04. The number of nitrogens with zero attached hydrogens (tertiary/aromatic N) is 1. The average Bonchev–Trinajstić information content (AvgIpc) is 2.82. The molecule has 0 aliphatic carbocycles. The minimum atomic E-state index is -4.27. The van der Waals surface area contributed by atoms with E-state index in [-0.39, 0.29) is 11.9 Å². The predicted octanol–water partition coefficient (Wildman–Crippen LogP) is 2.69. The van der Waals surface area contributed by atoms with Gasteiger partial charge in [0.25, 0.3) is 0 Å². The van der Waals surface area contributed by atoms with E-state index in [2.05, 4.69) is 10.6 Å². The summed E-state index contributed by atoms with van der Waals surface area (Å²) in [4.78, 5) is 14.1.